The van der Waals surface area contributed by atoms with Gasteiger partial charge in [-0.25, -0.2) is 18.4 Å². The monoisotopic (exact) mass is 390 g/mol. The molecule has 8 nitrogen and oxygen atoms in total. The zero-order valence-electron chi connectivity index (χ0n) is 15.0. The average molecular weight is 390 g/mol. The van der Waals surface area contributed by atoms with Crippen molar-refractivity contribution in [3.8, 4) is 5.75 Å². The molecule has 0 bridgehead atoms. The number of hydrogen-bond donors (Lipinski definition) is 1. The molecule has 2 heterocycles. The van der Waals surface area contributed by atoms with Gasteiger partial charge in [0.25, 0.3) is 0 Å². The lowest BCUT2D eigenvalue weighted by Gasteiger charge is -2.34. The lowest BCUT2D eigenvalue weighted by Crippen LogP contribution is -2.45. The molecule has 1 unspecified atom stereocenters. The Bertz CT molecular complexity index is 872. The normalized spacial score (nSPS) is 18.0. The van der Waals surface area contributed by atoms with Crippen LogP contribution in [-0.2, 0) is 14.8 Å². The van der Waals surface area contributed by atoms with Gasteiger partial charge in [-0.1, -0.05) is 6.42 Å². The predicted octanol–water partition coefficient (Wildman–Crippen LogP) is 2.06. The number of benzene rings is 1. The molecule has 1 fully saturated rings. The van der Waals surface area contributed by atoms with Crippen LogP contribution in [0.5, 0.6) is 5.75 Å². The molecule has 1 N–H and O–H groups in total. The van der Waals surface area contributed by atoms with E-state index in [4.69, 9.17) is 4.74 Å². The molecule has 0 saturated carbocycles. The van der Waals surface area contributed by atoms with Gasteiger partial charge in [-0.2, -0.15) is 4.31 Å². The largest absolute Gasteiger partial charge is 0.497 e. The number of carbonyl (C=O) groups is 1. The number of rotatable bonds is 6. The Morgan fingerprint density at radius 1 is 1.22 bits per heavy atom. The number of anilines is 1. The summed E-state index contributed by atoms with van der Waals surface area (Å²) in [7, 11) is -2.16. The third-order valence-electron chi connectivity index (χ3n) is 4.48. The zero-order valence-corrected chi connectivity index (χ0v) is 15.9. The van der Waals surface area contributed by atoms with Crippen molar-refractivity contribution in [2.45, 2.75) is 36.6 Å². The fraction of sp³-hybridized carbons (Fsp3) is 0.389. The molecule has 0 radical (unpaired) electrons. The van der Waals surface area contributed by atoms with Gasteiger partial charge in [0.05, 0.1) is 12.0 Å². The van der Waals surface area contributed by atoms with Gasteiger partial charge >= 0.3 is 0 Å². The first-order chi connectivity index (χ1) is 13.0. The summed E-state index contributed by atoms with van der Waals surface area (Å²) < 4.78 is 32.7. The molecular weight excluding hydrogens is 368 g/mol. The number of piperidine rings is 1. The highest BCUT2D eigenvalue weighted by Gasteiger charge is 2.34. The van der Waals surface area contributed by atoms with Gasteiger partial charge in [0, 0.05) is 31.4 Å². The molecule has 1 aromatic carbocycles. The molecule has 1 aliphatic rings. The minimum Gasteiger partial charge on any atom is -0.497 e. The summed E-state index contributed by atoms with van der Waals surface area (Å²) in [4.78, 5) is 20.5. The van der Waals surface area contributed by atoms with Crippen molar-refractivity contribution in [3.63, 3.8) is 0 Å². The Balaban J connectivity index is 1.74. The maximum absolute atomic E-state index is 13.1. The lowest BCUT2D eigenvalue weighted by molar-refractivity contribution is -0.117. The minimum absolute atomic E-state index is 0.0631. The summed E-state index contributed by atoms with van der Waals surface area (Å²) >= 11 is 0. The Morgan fingerprint density at radius 2 is 1.93 bits per heavy atom. The SMILES string of the molecule is COc1ccc(S(=O)(=O)N2CCCCC2CC(=O)Nc2ncccn2)cc1. The minimum atomic E-state index is -3.69. The number of sulfonamides is 1. The molecule has 1 atom stereocenters. The molecule has 0 aliphatic carbocycles. The zero-order chi connectivity index (χ0) is 19.3. The topological polar surface area (TPSA) is 101 Å². The van der Waals surface area contributed by atoms with E-state index < -0.39 is 16.1 Å². The smallest absolute Gasteiger partial charge is 0.243 e. The lowest BCUT2D eigenvalue weighted by atomic mass is 10.0. The van der Waals surface area contributed by atoms with Crippen molar-refractivity contribution in [1.29, 1.82) is 0 Å². The standard InChI is InChI=1S/C18H22N4O4S/c1-26-15-6-8-16(9-7-15)27(24,25)22-12-3-2-5-14(22)13-17(23)21-18-19-10-4-11-20-18/h4,6-11,14H,2-3,5,12-13H2,1H3,(H,19,20,21,23). The molecule has 2 aromatic rings. The second-order valence-electron chi connectivity index (χ2n) is 6.27. The molecule has 1 saturated heterocycles. The highest BCUT2D eigenvalue weighted by atomic mass is 32.2. The van der Waals surface area contributed by atoms with Crippen LogP contribution in [0.4, 0.5) is 5.95 Å². The van der Waals surface area contributed by atoms with Crippen LogP contribution in [0.1, 0.15) is 25.7 Å². The molecule has 27 heavy (non-hydrogen) atoms. The van der Waals surface area contributed by atoms with Crippen LogP contribution in [0, 0.1) is 0 Å². The van der Waals surface area contributed by atoms with Crippen molar-refractivity contribution < 1.29 is 17.9 Å². The van der Waals surface area contributed by atoms with Gasteiger partial charge in [0.2, 0.25) is 21.9 Å². The first-order valence-corrected chi connectivity index (χ1v) is 10.2. The first kappa shape index (κ1) is 19.2. The average Bonchev–Trinajstić information content (AvgIpc) is 2.69. The molecule has 1 aliphatic heterocycles. The first-order valence-electron chi connectivity index (χ1n) is 8.73. The molecule has 9 heteroatoms. The quantitative estimate of drug-likeness (QED) is 0.810. The number of ether oxygens (including phenoxy) is 1. The van der Waals surface area contributed by atoms with Crippen LogP contribution in [0.3, 0.4) is 0 Å². The van der Waals surface area contributed by atoms with E-state index in [1.165, 1.54) is 35.9 Å². The van der Waals surface area contributed by atoms with Crippen molar-refractivity contribution in [3.05, 3.63) is 42.7 Å². The Hall–Kier alpha value is -2.52. The van der Waals surface area contributed by atoms with E-state index in [2.05, 4.69) is 15.3 Å². The molecule has 1 aromatic heterocycles. The van der Waals surface area contributed by atoms with E-state index in [0.717, 1.165) is 12.8 Å². The summed E-state index contributed by atoms with van der Waals surface area (Å²) in [6.07, 6.45) is 5.42. The van der Waals surface area contributed by atoms with Crippen molar-refractivity contribution in [2.24, 2.45) is 0 Å². The van der Waals surface area contributed by atoms with Gasteiger partial charge < -0.3 is 4.74 Å². The maximum Gasteiger partial charge on any atom is 0.243 e. The molecular formula is C18H22N4O4S. The second kappa shape index (κ2) is 8.45. The third kappa shape index (κ3) is 4.61. The molecule has 1 amide bonds. The van der Waals surface area contributed by atoms with Crippen LogP contribution >= 0.6 is 0 Å². The number of carbonyl (C=O) groups excluding carboxylic acids is 1. The van der Waals surface area contributed by atoms with Gasteiger partial charge in [0.1, 0.15) is 5.75 Å². The Morgan fingerprint density at radius 3 is 2.59 bits per heavy atom. The Labute approximate surface area is 158 Å². The Kier molecular flexibility index (Phi) is 6.02. The van der Waals surface area contributed by atoms with E-state index in [0.29, 0.717) is 18.7 Å². The number of amides is 1. The molecule has 0 spiro atoms. The van der Waals surface area contributed by atoms with Crippen molar-refractivity contribution in [1.82, 2.24) is 14.3 Å². The van der Waals surface area contributed by atoms with E-state index in [9.17, 15) is 13.2 Å². The summed E-state index contributed by atoms with van der Waals surface area (Å²) in [6.45, 7) is 0.397. The predicted molar refractivity (Wildman–Crippen MR) is 99.8 cm³/mol. The summed E-state index contributed by atoms with van der Waals surface area (Å²) in [5.74, 6) is 0.497. The molecule has 3 rings (SSSR count). The fourth-order valence-electron chi connectivity index (χ4n) is 3.13. The number of methoxy groups -OCH3 is 1. The second-order valence-corrected chi connectivity index (χ2v) is 8.16. The summed E-state index contributed by atoms with van der Waals surface area (Å²) in [5, 5.41) is 2.62. The van der Waals surface area contributed by atoms with Gasteiger partial charge in [-0.15, -0.1) is 0 Å². The van der Waals surface area contributed by atoms with Crippen LogP contribution in [0.15, 0.2) is 47.6 Å². The number of aromatic nitrogens is 2. The van der Waals surface area contributed by atoms with Crippen LogP contribution < -0.4 is 10.1 Å². The number of nitrogens with one attached hydrogen (secondary N) is 1. The van der Waals surface area contributed by atoms with Gasteiger partial charge in [-0.3, -0.25) is 10.1 Å². The van der Waals surface area contributed by atoms with Crippen LogP contribution in [-0.4, -0.2) is 48.3 Å². The van der Waals surface area contributed by atoms with Crippen LogP contribution in [0.2, 0.25) is 0 Å². The van der Waals surface area contributed by atoms with E-state index >= 15 is 0 Å². The van der Waals surface area contributed by atoms with Gasteiger partial charge in [-0.05, 0) is 43.2 Å². The summed E-state index contributed by atoms with van der Waals surface area (Å²) in [6, 6.07) is 7.54. The maximum atomic E-state index is 13.1. The van der Waals surface area contributed by atoms with E-state index in [1.54, 1.807) is 18.2 Å². The fourth-order valence-corrected chi connectivity index (χ4v) is 4.82. The van der Waals surface area contributed by atoms with Gasteiger partial charge in [0.15, 0.2) is 0 Å². The van der Waals surface area contributed by atoms with Crippen LogP contribution in [0.25, 0.3) is 0 Å². The number of nitrogens with zero attached hydrogens (tertiary/aromatic N) is 3. The van der Waals surface area contributed by atoms with E-state index in [-0.39, 0.29) is 23.2 Å². The molecule has 144 valence electrons. The van der Waals surface area contributed by atoms with E-state index in [1.807, 2.05) is 0 Å². The number of hydrogen-bond acceptors (Lipinski definition) is 6. The van der Waals surface area contributed by atoms with Crippen molar-refractivity contribution >= 4 is 21.9 Å². The highest BCUT2D eigenvalue weighted by molar-refractivity contribution is 7.89. The summed E-state index contributed by atoms with van der Waals surface area (Å²) in [5.41, 5.74) is 0. The van der Waals surface area contributed by atoms with Crippen molar-refractivity contribution in [2.75, 3.05) is 19.0 Å². The third-order valence-corrected chi connectivity index (χ3v) is 6.44. The highest BCUT2D eigenvalue weighted by Crippen LogP contribution is 2.28.